The molecule has 3 N–H and O–H groups in total. The van der Waals surface area contributed by atoms with E-state index in [2.05, 4.69) is 20.9 Å². The summed E-state index contributed by atoms with van der Waals surface area (Å²) in [4.78, 5) is 14.8. The van der Waals surface area contributed by atoms with Gasteiger partial charge in [0, 0.05) is 10.8 Å². The first kappa shape index (κ1) is 10.8. The lowest BCUT2D eigenvalue weighted by atomic mass is 10.1. The number of aromatic hydroxyl groups is 1. The highest BCUT2D eigenvalue weighted by atomic mass is 79.9. The molecular weight excluding hydrogens is 279 g/mol. The highest BCUT2D eigenvalue weighted by Gasteiger charge is 2.16. The molecule has 1 aromatic carbocycles. The molecule has 0 bridgehead atoms. The smallest absolute Gasteiger partial charge is 0.271 e. The minimum absolute atomic E-state index is 0.244. The van der Waals surface area contributed by atoms with Crippen LogP contribution in [0.25, 0.3) is 10.8 Å². The van der Waals surface area contributed by atoms with Crippen molar-refractivity contribution in [3.05, 3.63) is 34.3 Å². The molecule has 2 rings (SSSR count). The summed E-state index contributed by atoms with van der Waals surface area (Å²) in [7, 11) is 0. The molecule has 0 spiro atoms. The monoisotopic (exact) mass is 284 g/mol. The molecule has 1 aromatic heterocycles. The Morgan fingerprint density at radius 3 is 2.75 bits per heavy atom. The van der Waals surface area contributed by atoms with Crippen LogP contribution in [0.3, 0.4) is 0 Å². The normalized spacial score (nSPS) is 10.6. The summed E-state index contributed by atoms with van der Waals surface area (Å²) in [6.45, 7) is 0. The largest absolute Gasteiger partial charge is 0.505 e. The first-order valence-electron chi connectivity index (χ1n) is 4.28. The Kier molecular flexibility index (Phi) is 2.51. The van der Waals surface area contributed by atoms with Crippen LogP contribution in [0.5, 0.6) is 5.75 Å². The fourth-order valence-electron chi connectivity index (χ4n) is 1.40. The predicted molar refractivity (Wildman–Crippen MR) is 59.6 cm³/mol. The first-order chi connectivity index (χ1) is 7.50. The van der Waals surface area contributed by atoms with E-state index < -0.39 is 11.7 Å². The number of nitrogens with zero attached hydrogens (tertiary/aromatic N) is 1. The number of nitrogens with two attached hydrogens (primary N) is 1. The molecule has 0 aliphatic rings. The second kappa shape index (κ2) is 3.71. The number of halogens is 2. The van der Waals surface area contributed by atoms with Gasteiger partial charge < -0.3 is 10.8 Å². The fraction of sp³-hybridized carbons (Fsp3) is 0. The Hall–Kier alpha value is -1.69. The van der Waals surface area contributed by atoms with E-state index in [1.165, 1.54) is 18.2 Å². The van der Waals surface area contributed by atoms with Crippen molar-refractivity contribution in [3.63, 3.8) is 0 Å². The Morgan fingerprint density at radius 1 is 1.44 bits per heavy atom. The van der Waals surface area contributed by atoms with Crippen LogP contribution in [-0.4, -0.2) is 16.0 Å². The molecule has 0 fully saturated rings. The van der Waals surface area contributed by atoms with E-state index in [-0.39, 0.29) is 16.0 Å². The topological polar surface area (TPSA) is 76.2 Å². The molecule has 0 unspecified atom stereocenters. The Balaban J connectivity index is 2.90. The molecule has 0 radical (unpaired) electrons. The Bertz CT molecular complexity index is 601. The maximum Gasteiger partial charge on any atom is 0.271 e. The van der Waals surface area contributed by atoms with Crippen LogP contribution in [0.2, 0.25) is 0 Å². The molecule has 0 saturated carbocycles. The van der Waals surface area contributed by atoms with Gasteiger partial charge in [0.2, 0.25) is 0 Å². The maximum absolute atomic E-state index is 13.0. The van der Waals surface area contributed by atoms with Crippen LogP contribution in [0.15, 0.2) is 22.8 Å². The second-order valence-corrected chi connectivity index (χ2v) is 3.91. The molecule has 0 saturated heterocycles. The zero-order chi connectivity index (χ0) is 11.9. The van der Waals surface area contributed by atoms with Crippen LogP contribution in [0.4, 0.5) is 4.39 Å². The average Bonchev–Trinajstić information content (AvgIpc) is 2.22. The minimum Gasteiger partial charge on any atom is -0.505 e. The third-order valence-corrected chi connectivity index (χ3v) is 2.73. The molecule has 0 aliphatic carbocycles. The van der Waals surface area contributed by atoms with E-state index in [1.54, 1.807) is 0 Å². The number of pyridine rings is 1. The molecule has 4 nitrogen and oxygen atoms in total. The van der Waals surface area contributed by atoms with Gasteiger partial charge in [-0.15, -0.1) is 0 Å². The highest BCUT2D eigenvalue weighted by Crippen LogP contribution is 2.32. The second-order valence-electron chi connectivity index (χ2n) is 3.15. The molecule has 6 heteroatoms. The van der Waals surface area contributed by atoms with Gasteiger partial charge in [-0.05, 0) is 34.1 Å². The zero-order valence-corrected chi connectivity index (χ0v) is 9.45. The van der Waals surface area contributed by atoms with E-state index in [4.69, 9.17) is 5.73 Å². The molecule has 82 valence electrons. The van der Waals surface area contributed by atoms with Gasteiger partial charge in [-0.3, -0.25) is 4.79 Å². The first-order valence-corrected chi connectivity index (χ1v) is 5.07. The van der Waals surface area contributed by atoms with Crippen molar-refractivity contribution >= 4 is 32.6 Å². The van der Waals surface area contributed by atoms with Gasteiger partial charge >= 0.3 is 0 Å². The molecule has 1 heterocycles. The number of hydrogen-bond donors (Lipinski definition) is 2. The van der Waals surface area contributed by atoms with Crippen LogP contribution in [0.1, 0.15) is 10.5 Å². The third-order valence-electron chi connectivity index (χ3n) is 2.13. The quantitative estimate of drug-likeness (QED) is 0.786. The number of benzene rings is 1. The van der Waals surface area contributed by atoms with Gasteiger partial charge in [-0.2, -0.15) is 0 Å². The number of fused-ring (bicyclic) bond motifs is 1. The zero-order valence-electron chi connectivity index (χ0n) is 7.87. The number of hydrogen-bond acceptors (Lipinski definition) is 3. The van der Waals surface area contributed by atoms with Crippen molar-refractivity contribution in [2.45, 2.75) is 0 Å². The summed E-state index contributed by atoms with van der Waals surface area (Å²) in [5.74, 6) is -1.64. The van der Waals surface area contributed by atoms with Gasteiger partial charge in [0.05, 0.1) is 0 Å². The summed E-state index contributed by atoms with van der Waals surface area (Å²) < 4.78 is 13.2. The number of carbonyl (C=O) groups is 1. The lowest BCUT2D eigenvalue weighted by Gasteiger charge is -2.06. The van der Waals surface area contributed by atoms with Crippen LogP contribution in [0, 0.1) is 5.82 Å². The number of aromatic nitrogens is 1. The molecule has 0 atom stereocenters. The fourth-order valence-corrected chi connectivity index (χ4v) is 1.91. The molecule has 16 heavy (non-hydrogen) atoms. The summed E-state index contributed by atoms with van der Waals surface area (Å²) in [6.07, 6.45) is 0. The van der Waals surface area contributed by atoms with Gasteiger partial charge in [-0.1, -0.05) is 0 Å². The van der Waals surface area contributed by atoms with Gasteiger partial charge in [-0.25, -0.2) is 9.37 Å². The van der Waals surface area contributed by atoms with Crippen LogP contribution >= 0.6 is 15.9 Å². The number of primary amides is 1. The lowest BCUT2D eigenvalue weighted by Crippen LogP contribution is -2.13. The van der Waals surface area contributed by atoms with Crippen molar-refractivity contribution in [1.29, 1.82) is 0 Å². The van der Waals surface area contributed by atoms with E-state index in [9.17, 15) is 14.3 Å². The van der Waals surface area contributed by atoms with Crippen molar-refractivity contribution in [3.8, 4) is 5.75 Å². The average molecular weight is 285 g/mol. The minimum atomic E-state index is -0.843. The van der Waals surface area contributed by atoms with Crippen molar-refractivity contribution in [2.75, 3.05) is 0 Å². The van der Waals surface area contributed by atoms with E-state index >= 15 is 0 Å². The summed E-state index contributed by atoms with van der Waals surface area (Å²) in [5.41, 5.74) is 4.80. The maximum atomic E-state index is 13.0. The number of amides is 1. The van der Waals surface area contributed by atoms with Gasteiger partial charge in [0.15, 0.2) is 11.4 Å². The van der Waals surface area contributed by atoms with E-state index in [1.807, 2.05) is 0 Å². The van der Waals surface area contributed by atoms with Crippen LogP contribution < -0.4 is 5.73 Å². The molecular formula is C10H6BrFN2O2. The Labute approximate surface area is 98.0 Å². The number of carbonyl (C=O) groups excluding carboxylic acids is 1. The summed E-state index contributed by atoms with van der Waals surface area (Å²) in [6, 6.07) is 3.75. The van der Waals surface area contributed by atoms with Crippen molar-refractivity contribution < 1.29 is 14.3 Å². The summed E-state index contributed by atoms with van der Waals surface area (Å²) >= 11 is 3.09. The highest BCUT2D eigenvalue weighted by molar-refractivity contribution is 9.10. The molecule has 1 amide bonds. The molecule has 2 aromatic rings. The predicted octanol–water partition coefficient (Wildman–Crippen LogP) is 1.94. The lowest BCUT2D eigenvalue weighted by molar-refractivity contribution is 0.0993. The van der Waals surface area contributed by atoms with Crippen LogP contribution in [-0.2, 0) is 0 Å². The van der Waals surface area contributed by atoms with Crippen molar-refractivity contribution in [2.24, 2.45) is 5.73 Å². The van der Waals surface area contributed by atoms with Gasteiger partial charge in [0.1, 0.15) is 10.4 Å². The van der Waals surface area contributed by atoms with Crippen molar-refractivity contribution in [1.82, 2.24) is 4.98 Å². The third kappa shape index (κ3) is 1.61. The Morgan fingerprint density at radius 2 is 2.12 bits per heavy atom. The molecule has 0 aliphatic heterocycles. The summed E-state index contributed by atoms with van der Waals surface area (Å²) in [5, 5.41) is 10.4. The SMILES string of the molecule is NC(=O)c1nc(Br)c2cc(F)ccc2c1O. The van der Waals surface area contributed by atoms with E-state index in [0.717, 1.165) is 0 Å². The van der Waals surface area contributed by atoms with Gasteiger partial charge in [0.25, 0.3) is 5.91 Å². The number of rotatable bonds is 1. The van der Waals surface area contributed by atoms with E-state index in [0.29, 0.717) is 10.8 Å². The standard InChI is InChI=1S/C10H6BrFN2O2/c11-9-6-3-4(12)1-2-5(6)8(15)7(14-9)10(13)16/h1-3,15H,(H2,13,16).